The maximum atomic E-state index is 11.9. The first-order chi connectivity index (χ1) is 11.1. The van der Waals surface area contributed by atoms with Crippen LogP contribution in [0.5, 0.6) is 0 Å². The molecule has 1 fully saturated rings. The number of aryl methyl sites for hydroxylation is 2. The van der Waals surface area contributed by atoms with Crippen LogP contribution in [0.2, 0.25) is 0 Å². The van der Waals surface area contributed by atoms with E-state index >= 15 is 0 Å². The first-order valence-corrected chi connectivity index (χ1v) is 8.78. The third-order valence-corrected chi connectivity index (χ3v) is 5.39. The fraction of sp³-hybridized carbons (Fsp3) is 0.562. The van der Waals surface area contributed by atoms with E-state index in [0.717, 1.165) is 45.2 Å². The minimum Gasteiger partial charge on any atom is -0.451 e. The smallest absolute Gasteiger partial charge is 0.348 e. The van der Waals surface area contributed by atoms with Crippen LogP contribution in [-0.4, -0.2) is 48.9 Å². The predicted octanol–water partition coefficient (Wildman–Crippen LogP) is 1.13. The zero-order valence-corrected chi connectivity index (χ0v) is 13.7. The van der Waals surface area contributed by atoms with Crippen molar-refractivity contribution >= 4 is 29.1 Å². The Bertz CT molecular complexity index is 598. The maximum Gasteiger partial charge on any atom is 0.348 e. The van der Waals surface area contributed by atoms with Gasteiger partial charge in [0.1, 0.15) is 4.88 Å². The van der Waals surface area contributed by atoms with Crippen LogP contribution in [0.3, 0.4) is 0 Å². The number of nitrogens with one attached hydrogen (secondary N) is 1. The highest BCUT2D eigenvalue weighted by molar-refractivity contribution is 7.14. The molecule has 0 saturated carbocycles. The van der Waals surface area contributed by atoms with Gasteiger partial charge in [-0.25, -0.2) is 4.79 Å². The average Bonchev–Trinajstić information content (AvgIpc) is 3.25. The molecule has 0 bridgehead atoms. The predicted molar refractivity (Wildman–Crippen MR) is 85.5 cm³/mol. The molecular weight excluding hydrogens is 316 g/mol. The Morgan fingerprint density at radius 1 is 1.17 bits per heavy atom. The van der Waals surface area contributed by atoms with Gasteiger partial charge in [-0.3, -0.25) is 9.59 Å². The maximum absolute atomic E-state index is 11.9. The molecule has 6 nitrogen and oxygen atoms in total. The summed E-state index contributed by atoms with van der Waals surface area (Å²) in [6, 6.07) is 1.87. The molecule has 0 atom stereocenters. The number of rotatable bonds is 5. The van der Waals surface area contributed by atoms with Gasteiger partial charge in [-0.15, -0.1) is 11.3 Å². The van der Waals surface area contributed by atoms with E-state index in [9.17, 15) is 14.4 Å². The molecule has 7 heteroatoms. The van der Waals surface area contributed by atoms with E-state index in [0.29, 0.717) is 4.88 Å². The third kappa shape index (κ3) is 3.90. The minimum atomic E-state index is -0.467. The number of nitrogens with zero attached hydrogens (tertiary/aromatic N) is 1. The number of esters is 1. The number of carbonyl (C=O) groups is 3. The fourth-order valence-electron chi connectivity index (χ4n) is 2.94. The summed E-state index contributed by atoms with van der Waals surface area (Å²) in [5.41, 5.74) is 1.22. The van der Waals surface area contributed by atoms with Crippen LogP contribution in [0, 0.1) is 0 Å². The number of hydrogen-bond acceptors (Lipinski definition) is 5. The van der Waals surface area contributed by atoms with Gasteiger partial charge in [0, 0.05) is 18.0 Å². The summed E-state index contributed by atoms with van der Waals surface area (Å²) in [5, 5.41) is 2.50. The zero-order chi connectivity index (χ0) is 16.2. The van der Waals surface area contributed by atoms with Crippen LogP contribution in [0.25, 0.3) is 0 Å². The summed E-state index contributed by atoms with van der Waals surface area (Å²) in [6.45, 7) is 1.12. The van der Waals surface area contributed by atoms with Gasteiger partial charge >= 0.3 is 5.97 Å². The number of thiophene rings is 1. The fourth-order valence-corrected chi connectivity index (χ4v) is 4.08. The van der Waals surface area contributed by atoms with E-state index in [1.165, 1.54) is 21.8 Å². The van der Waals surface area contributed by atoms with Crippen molar-refractivity contribution in [3.8, 4) is 0 Å². The first-order valence-electron chi connectivity index (χ1n) is 7.96. The molecule has 1 aliphatic carbocycles. The van der Waals surface area contributed by atoms with Gasteiger partial charge in [-0.1, -0.05) is 0 Å². The molecule has 1 aliphatic heterocycles. The SMILES string of the molecule is O=C(COC(=O)c1cc2c(s1)CCC2)NCC(=O)N1CCCC1. The molecule has 0 spiro atoms. The summed E-state index contributed by atoms with van der Waals surface area (Å²) < 4.78 is 5.02. The second-order valence-corrected chi connectivity index (χ2v) is 6.99. The number of carbonyl (C=O) groups excluding carboxylic acids is 3. The molecule has 1 N–H and O–H groups in total. The lowest BCUT2D eigenvalue weighted by Crippen LogP contribution is -2.40. The normalized spacial score (nSPS) is 16.3. The summed E-state index contributed by atoms with van der Waals surface area (Å²) in [7, 11) is 0. The van der Waals surface area contributed by atoms with Crippen LogP contribution in [0.1, 0.15) is 39.4 Å². The lowest BCUT2D eigenvalue weighted by atomic mass is 10.2. The summed E-state index contributed by atoms with van der Waals surface area (Å²) in [6.07, 6.45) is 5.21. The Hall–Kier alpha value is -1.89. The Labute approximate surface area is 138 Å². The Morgan fingerprint density at radius 2 is 1.96 bits per heavy atom. The molecule has 1 saturated heterocycles. The van der Waals surface area contributed by atoms with Gasteiger partial charge < -0.3 is 15.0 Å². The second-order valence-electron chi connectivity index (χ2n) is 5.85. The number of hydrogen-bond donors (Lipinski definition) is 1. The van der Waals surface area contributed by atoms with Crippen LogP contribution < -0.4 is 5.32 Å². The van der Waals surface area contributed by atoms with E-state index in [1.807, 2.05) is 6.07 Å². The van der Waals surface area contributed by atoms with Crippen molar-refractivity contribution in [3.63, 3.8) is 0 Å². The second kappa shape index (κ2) is 7.12. The van der Waals surface area contributed by atoms with Gasteiger partial charge in [-0.2, -0.15) is 0 Å². The Balaban J connectivity index is 1.39. The highest BCUT2D eigenvalue weighted by atomic mass is 32.1. The van der Waals surface area contributed by atoms with Crippen molar-refractivity contribution < 1.29 is 19.1 Å². The molecule has 124 valence electrons. The highest BCUT2D eigenvalue weighted by Crippen LogP contribution is 2.30. The number of ether oxygens (including phenoxy) is 1. The van der Waals surface area contributed by atoms with Crippen molar-refractivity contribution in [1.29, 1.82) is 0 Å². The van der Waals surface area contributed by atoms with Crippen molar-refractivity contribution in [1.82, 2.24) is 10.2 Å². The summed E-state index contributed by atoms with van der Waals surface area (Å²) in [5.74, 6) is -1.00. The molecule has 0 unspecified atom stereocenters. The molecule has 2 amide bonds. The van der Waals surface area contributed by atoms with Crippen molar-refractivity contribution in [2.24, 2.45) is 0 Å². The molecule has 1 aromatic rings. The van der Waals surface area contributed by atoms with Crippen LogP contribution in [-0.2, 0) is 27.2 Å². The lowest BCUT2D eigenvalue weighted by Gasteiger charge is -2.15. The van der Waals surface area contributed by atoms with E-state index in [-0.39, 0.29) is 19.1 Å². The van der Waals surface area contributed by atoms with Crippen LogP contribution in [0.15, 0.2) is 6.07 Å². The van der Waals surface area contributed by atoms with Crippen molar-refractivity contribution in [2.75, 3.05) is 26.2 Å². The standard InChI is InChI=1S/C16H20N2O4S/c19-14(17-9-15(20)18-6-1-2-7-18)10-22-16(21)13-8-11-4-3-5-12(11)23-13/h8H,1-7,9-10H2,(H,17,19). The first kappa shape index (κ1) is 16.0. The molecule has 2 aliphatic rings. The molecule has 2 heterocycles. The quantitative estimate of drug-likeness (QED) is 0.818. The van der Waals surface area contributed by atoms with Gasteiger partial charge in [-0.05, 0) is 43.7 Å². The van der Waals surface area contributed by atoms with Gasteiger partial charge in [0.2, 0.25) is 5.91 Å². The molecule has 0 aromatic carbocycles. The highest BCUT2D eigenvalue weighted by Gasteiger charge is 2.21. The lowest BCUT2D eigenvalue weighted by molar-refractivity contribution is -0.132. The Kier molecular flexibility index (Phi) is 4.95. The largest absolute Gasteiger partial charge is 0.451 e. The van der Waals surface area contributed by atoms with E-state index in [1.54, 1.807) is 4.90 Å². The van der Waals surface area contributed by atoms with Crippen molar-refractivity contribution in [3.05, 3.63) is 21.4 Å². The van der Waals surface area contributed by atoms with Gasteiger partial charge in [0.05, 0.1) is 6.54 Å². The minimum absolute atomic E-state index is 0.0380. The number of likely N-dealkylation sites (tertiary alicyclic amines) is 1. The number of amides is 2. The van der Waals surface area contributed by atoms with Crippen LogP contribution in [0.4, 0.5) is 0 Å². The van der Waals surface area contributed by atoms with Gasteiger partial charge in [0.25, 0.3) is 5.91 Å². The summed E-state index contributed by atoms with van der Waals surface area (Å²) >= 11 is 1.45. The molecular formula is C16H20N2O4S. The zero-order valence-electron chi connectivity index (χ0n) is 12.9. The molecule has 23 heavy (non-hydrogen) atoms. The van der Waals surface area contributed by atoms with E-state index < -0.39 is 11.9 Å². The monoisotopic (exact) mass is 336 g/mol. The van der Waals surface area contributed by atoms with Crippen molar-refractivity contribution in [2.45, 2.75) is 32.1 Å². The third-order valence-electron chi connectivity index (χ3n) is 4.18. The number of fused-ring (bicyclic) bond motifs is 1. The average molecular weight is 336 g/mol. The topological polar surface area (TPSA) is 75.7 Å². The molecule has 0 radical (unpaired) electrons. The van der Waals surface area contributed by atoms with Crippen LogP contribution >= 0.6 is 11.3 Å². The molecule has 3 rings (SSSR count). The van der Waals surface area contributed by atoms with E-state index in [4.69, 9.17) is 4.74 Å². The summed E-state index contributed by atoms with van der Waals surface area (Å²) in [4.78, 5) is 38.9. The van der Waals surface area contributed by atoms with Gasteiger partial charge in [0.15, 0.2) is 6.61 Å². The Morgan fingerprint density at radius 3 is 2.70 bits per heavy atom. The van der Waals surface area contributed by atoms with E-state index in [2.05, 4.69) is 5.32 Å². The molecule has 1 aromatic heterocycles.